The van der Waals surface area contributed by atoms with E-state index in [-0.39, 0.29) is 0 Å². The Morgan fingerprint density at radius 1 is 1.06 bits per heavy atom. The van der Waals surface area contributed by atoms with Gasteiger partial charge in [-0.2, -0.15) is 0 Å². The number of nitrogens with zero attached hydrogens (tertiary/aromatic N) is 2. The van der Waals surface area contributed by atoms with Crippen LogP contribution in [0.4, 0.5) is 0 Å². The van der Waals surface area contributed by atoms with Crippen LogP contribution < -0.4 is 0 Å². The van der Waals surface area contributed by atoms with Crippen LogP contribution in [-0.2, 0) is 0 Å². The van der Waals surface area contributed by atoms with E-state index in [0.717, 1.165) is 21.4 Å². The van der Waals surface area contributed by atoms with Crippen molar-refractivity contribution in [2.75, 3.05) is 0 Å². The summed E-state index contributed by atoms with van der Waals surface area (Å²) >= 11 is 15.6. The van der Waals surface area contributed by atoms with Crippen LogP contribution in [0.2, 0.25) is 10.0 Å². The van der Waals surface area contributed by atoms with Gasteiger partial charge in [0, 0.05) is 27.5 Å². The zero-order valence-corrected chi connectivity index (χ0v) is 12.2. The minimum atomic E-state index is 0.641. The molecule has 18 heavy (non-hydrogen) atoms. The lowest BCUT2D eigenvalue weighted by Gasteiger charge is -2.00. The summed E-state index contributed by atoms with van der Waals surface area (Å²) in [6, 6.07) is 9.25. The number of rotatable bonds is 1. The van der Waals surface area contributed by atoms with E-state index in [0.29, 0.717) is 10.0 Å². The Balaban J connectivity index is 2.22. The molecule has 2 heterocycles. The predicted molar refractivity (Wildman–Crippen MR) is 78.3 cm³/mol. The minimum Gasteiger partial charge on any atom is -0.305 e. The van der Waals surface area contributed by atoms with Gasteiger partial charge in [0.05, 0.1) is 10.7 Å². The van der Waals surface area contributed by atoms with Crippen LogP contribution >= 0.6 is 39.1 Å². The number of pyridine rings is 1. The van der Waals surface area contributed by atoms with Crippen molar-refractivity contribution in [2.24, 2.45) is 0 Å². The van der Waals surface area contributed by atoms with Crippen molar-refractivity contribution >= 4 is 44.8 Å². The molecule has 90 valence electrons. The van der Waals surface area contributed by atoms with Gasteiger partial charge in [0.2, 0.25) is 0 Å². The lowest BCUT2D eigenvalue weighted by molar-refractivity contribution is 1.17. The summed E-state index contributed by atoms with van der Waals surface area (Å²) in [5.74, 6) is 0. The maximum atomic E-state index is 6.17. The third kappa shape index (κ3) is 2.14. The smallest absolute Gasteiger partial charge is 0.137 e. The SMILES string of the molecule is Clc1ccc(Cl)c(-c2cn3cc(Br)ccc3n2)c1. The number of fused-ring (bicyclic) bond motifs is 1. The first-order valence-electron chi connectivity index (χ1n) is 5.23. The fraction of sp³-hybridized carbons (Fsp3) is 0. The van der Waals surface area contributed by atoms with Crippen molar-refractivity contribution in [1.82, 2.24) is 9.38 Å². The van der Waals surface area contributed by atoms with Gasteiger partial charge in [-0.25, -0.2) is 4.98 Å². The Bertz CT molecular complexity index is 737. The Morgan fingerprint density at radius 3 is 2.72 bits per heavy atom. The van der Waals surface area contributed by atoms with Gasteiger partial charge in [0.15, 0.2) is 0 Å². The summed E-state index contributed by atoms with van der Waals surface area (Å²) in [6.45, 7) is 0. The fourth-order valence-electron chi connectivity index (χ4n) is 1.79. The molecule has 2 nitrogen and oxygen atoms in total. The highest BCUT2D eigenvalue weighted by Gasteiger charge is 2.09. The van der Waals surface area contributed by atoms with Gasteiger partial charge in [0.25, 0.3) is 0 Å². The minimum absolute atomic E-state index is 0.641. The summed E-state index contributed by atoms with van der Waals surface area (Å²) < 4.78 is 2.94. The predicted octanol–water partition coefficient (Wildman–Crippen LogP) is 5.07. The topological polar surface area (TPSA) is 17.3 Å². The van der Waals surface area contributed by atoms with E-state index in [1.54, 1.807) is 12.1 Å². The number of benzene rings is 1. The van der Waals surface area contributed by atoms with Crippen LogP contribution in [0.1, 0.15) is 0 Å². The van der Waals surface area contributed by atoms with Crippen molar-refractivity contribution in [3.63, 3.8) is 0 Å². The van der Waals surface area contributed by atoms with Gasteiger partial charge >= 0.3 is 0 Å². The van der Waals surface area contributed by atoms with Crippen molar-refractivity contribution in [3.05, 3.63) is 57.2 Å². The van der Waals surface area contributed by atoms with E-state index < -0.39 is 0 Å². The van der Waals surface area contributed by atoms with Crippen LogP contribution in [0.3, 0.4) is 0 Å². The van der Waals surface area contributed by atoms with Gasteiger partial charge in [-0.1, -0.05) is 23.2 Å². The summed E-state index contributed by atoms with van der Waals surface area (Å²) in [6.07, 6.45) is 3.88. The fourth-order valence-corrected chi connectivity index (χ4v) is 2.53. The molecule has 0 aliphatic rings. The first-order chi connectivity index (χ1) is 8.63. The second-order valence-electron chi connectivity index (χ2n) is 3.86. The van der Waals surface area contributed by atoms with Crippen LogP contribution in [-0.4, -0.2) is 9.38 Å². The zero-order valence-electron chi connectivity index (χ0n) is 9.07. The zero-order chi connectivity index (χ0) is 12.7. The van der Waals surface area contributed by atoms with E-state index in [1.165, 1.54) is 0 Å². The van der Waals surface area contributed by atoms with E-state index >= 15 is 0 Å². The molecule has 0 spiro atoms. The molecule has 5 heteroatoms. The molecule has 1 aromatic carbocycles. The first kappa shape index (κ1) is 12.0. The normalized spacial score (nSPS) is 11.1. The first-order valence-corrected chi connectivity index (χ1v) is 6.78. The lowest BCUT2D eigenvalue weighted by atomic mass is 10.2. The van der Waals surface area contributed by atoms with E-state index in [4.69, 9.17) is 23.2 Å². The van der Waals surface area contributed by atoms with Crippen molar-refractivity contribution in [3.8, 4) is 11.3 Å². The molecular formula is C13H7BrCl2N2. The maximum absolute atomic E-state index is 6.17. The number of imidazole rings is 1. The molecule has 3 rings (SSSR count). The summed E-state index contributed by atoms with van der Waals surface area (Å²) in [5, 5.41) is 1.29. The largest absolute Gasteiger partial charge is 0.305 e. The van der Waals surface area contributed by atoms with E-state index in [9.17, 15) is 0 Å². The molecule has 0 fully saturated rings. The third-order valence-electron chi connectivity index (χ3n) is 2.62. The number of hydrogen-bond donors (Lipinski definition) is 0. The van der Waals surface area contributed by atoms with Crippen molar-refractivity contribution in [2.45, 2.75) is 0 Å². The number of aromatic nitrogens is 2. The molecule has 0 unspecified atom stereocenters. The summed E-state index contributed by atoms with van der Waals surface area (Å²) in [4.78, 5) is 4.53. The average molecular weight is 342 g/mol. The van der Waals surface area contributed by atoms with Gasteiger partial charge in [0.1, 0.15) is 5.65 Å². The molecule has 0 bridgehead atoms. The number of hydrogen-bond acceptors (Lipinski definition) is 1. The number of halogens is 3. The second-order valence-corrected chi connectivity index (χ2v) is 5.62. The van der Waals surface area contributed by atoms with Crippen LogP contribution in [0.25, 0.3) is 16.9 Å². The van der Waals surface area contributed by atoms with Gasteiger partial charge in [-0.3, -0.25) is 0 Å². The maximum Gasteiger partial charge on any atom is 0.137 e. The summed E-state index contributed by atoms with van der Waals surface area (Å²) in [7, 11) is 0. The average Bonchev–Trinajstić information content (AvgIpc) is 2.74. The Hall–Kier alpha value is -1.03. The monoisotopic (exact) mass is 340 g/mol. The van der Waals surface area contributed by atoms with Crippen molar-refractivity contribution < 1.29 is 0 Å². The quantitative estimate of drug-likeness (QED) is 0.604. The molecule has 0 atom stereocenters. The Morgan fingerprint density at radius 2 is 1.89 bits per heavy atom. The standard InChI is InChI=1S/C13H7BrCl2N2/c14-8-1-4-13-17-12(7-18(13)6-8)10-5-9(15)2-3-11(10)16/h1-7H. The molecule has 0 saturated heterocycles. The molecule has 0 aliphatic heterocycles. The molecule has 3 aromatic rings. The van der Waals surface area contributed by atoms with Crippen LogP contribution in [0, 0.1) is 0 Å². The molecular weight excluding hydrogens is 335 g/mol. The molecule has 0 radical (unpaired) electrons. The lowest BCUT2D eigenvalue weighted by Crippen LogP contribution is -1.80. The third-order valence-corrected chi connectivity index (χ3v) is 3.65. The molecule has 0 N–H and O–H groups in total. The van der Waals surface area contributed by atoms with E-state index in [1.807, 2.05) is 35.0 Å². The van der Waals surface area contributed by atoms with Gasteiger partial charge < -0.3 is 4.40 Å². The highest BCUT2D eigenvalue weighted by Crippen LogP contribution is 2.30. The van der Waals surface area contributed by atoms with Gasteiger partial charge in [-0.15, -0.1) is 0 Å². The van der Waals surface area contributed by atoms with Crippen LogP contribution in [0.15, 0.2) is 47.2 Å². The molecule has 2 aromatic heterocycles. The van der Waals surface area contributed by atoms with Crippen LogP contribution in [0.5, 0.6) is 0 Å². The second kappa shape index (κ2) is 4.57. The van der Waals surface area contributed by atoms with E-state index in [2.05, 4.69) is 20.9 Å². The Kier molecular flexibility index (Phi) is 3.06. The molecule has 0 amide bonds. The van der Waals surface area contributed by atoms with Gasteiger partial charge in [-0.05, 0) is 46.3 Å². The molecule has 0 saturated carbocycles. The van der Waals surface area contributed by atoms with Crippen molar-refractivity contribution in [1.29, 1.82) is 0 Å². The highest BCUT2D eigenvalue weighted by molar-refractivity contribution is 9.10. The Labute approximate surface area is 122 Å². The highest BCUT2D eigenvalue weighted by atomic mass is 79.9. The summed E-state index contributed by atoms with van der Waals surface area (Å²) in [5.41, 5.74) is 2.51. The molecule has 0 aliphatic carbocycles.